The van der Waals surface area contributed by atoms with Crippen molar-refractivity contribution in [2.75, 3.05) is 18.5 Å². The number of likely N-dealkylation sites (N-methyl/N-ethyl adjacent to an activating group) is 1. The van der Waals surface area contributed by atoms with Crippen LogP contribution in [0.1, 0.15) is 6.92 Å². The predicted octanol–water partition coefficient (Wildman–Crippen LogP) is 1.13. The van der Waals surface area contributed by atoms with Crippen LogP contribution in [0.5, 0.6) is 0 Å². The van der Waals surface area contributed by atoms with Crippen molar-refractivity contribution >= 4 is 28.6 Å². The van der Waals surface area contributed by atoms with Gasteiger partial charge in [-0.2, -0.15) is 5.10 Å². The van der Waals surface area contributed by atoms with Crippen LogP contribution in [-0.2, 0) is 16.1 Å². The van der Waals surface area contributed by atoms with Crippen molar-refractivity contribution < 1.29 is 14.3 Å². The second-order valence-corrected chi connectivity index (χ2v) is 4.80. The van der Waals surface area contributed by atoms with Gasteiger partial charge >= 0.3 is 6.09 Å². The molecule has 1 unspecified atom stereocenters. The third-order valence-electron chi connectivity index (χ3n) is 3.59. The van der Waals surface area contributed by atoms with Gasteiger partial charge < -0.3 is 10.1 Å². The van der Waals surface area contributed by atoms with Gasteiger partial charge in [0.15, 0.2) is 6.10 Å². The Bertz CT molecular complexity index is 709. The van der Waals surface area contributed by atoms with E-state index in [1.807, 2.05) is 29.8 Å². The summed E-state index contributed by atoms with van der Waals surface area (Å²) in [7, 11) is 1.52. The number of hydrogen-bond acceptors (Lipinski definition) is 4. The van der Waals surface area contributed by atoms with Crippen LogP contribution in [0.3, 0.4) is 0 Å². The first-order valence-electron chi connectivity index (χ1n) is 6.79. The predicted molar refractivity (Wildman–Crippen MR) is 77.1 cm³/mol. The van der Waals surface area contributed by atoms with Crippen molar-refractivity contribution in [3.8, 4) is 0 Å². The smallest absolute Gasteiger partial charge is 0.415 e. The van der Waals surface area contributed by atoms with Crippen LogP contribution in [0.15, 0.2) is 24.4 Å². The number of aryl methyl sites for hydroxylation is 1. The number of cyclic esters (lactones) is 1. The number of amides is 2. The van der Waals surface area contributed by atoms with Gasteiger partial charge in [0, 0.05) is 24.7 Å². The molecule has 1 N–H and O–H groups in total. The van der Waals surface area contributed by atoms with Crippen molar-refractivity contribution in [2.24, 2.45) is 0 Å². The summed E-state index contributed by atoms with van der Waals surface area (Å²) in [6, 6.07) is 5.63. The van der Waals surface area contributed by atoms with Gasteiger partial charge in [0.05, 0.1) is 18.3 Å². The molecule has 110 valence electrons. The first kappa shape index (κ1) is 13.4. The number of nitrogens with one attached hydrogen (secondary N) is 1. The summed E-state index contributed by atoms with van der Waals surface area (Å²) < 4.78 is 6.96. The molecule has 7 nitrogen and oxygen atoms in total. The minimum Gasteiger partial charge on any atom is -0.434 e. The van der Waals surface area contributed by atoms with Crippen LogP contribution in [0, 0.1) is 0 Å². The van der Waals surface area contributed by atoms with Gasteiger partial charge in [-0.05, 0) is 25.1 Å². The monoisotopic (exact) mass is 288 g/mol. The molecule has 3 rings (SSSR count). The van der Waals surface area contributed by atoms with Crippen LogP contribution in [0.2, 0.25) is 0 Å². The first-order valence-corrected chi connectivity index (χ1v) is 6.79. The van der Waals surface area contributed by atoms with Crippen LogP contribution < -0.4 is 10.2 Å². The number of nitrogens with zero attached hydrogens (tertiary/aromatic N) is 3. The molecular formula is C14H16N4O3. The Labute approximate surface area is 121 Å². The lowest BCUT2D eigenvalue weighted by atomic mass is 10.2. The standard InChI is InChI=1S/C14H16N4O3/c1-3-18-11-5-4-10(6-9(11)7-16-18)17-8-12(13(19)15-2)21-14(17)20/h4-7,12H,3,8H2,1-2H3,(H,15,19). The Balaban J connectivity index is 1.90. The van der Waals surface area contributed by atoms with E-state index in [1.165, 1.54) is 11.9 Å². The summed E-state index contributed by atoms with van der Waals surface area (Å²) in [6.45, 7) is 3.02. The largest absolute Gasteiger partial charge is 0.434 e. The Morgan fingerprint density at radius 2 is 2.33 bits per heavy atom. The number of carbonyl (C=O) groups is 2. The van der Waals surface area contributed by atoms with E-state index in [0.29, 0.717) is 5.69 Å². The fourth-order valence-corrected chi connectivity index (χ4v) is 2.47. The average molecular weight is 288 g/mol. The molecule has 0 saturated carbocycles. The highest BCUT2D eigenvalue weighted by Crippen LogP contribution is 2.26. The van der Waals surface area contributed by atoms with Gasteiger partial charge in [-0.3, -0.25) is 14.4 Å². The minimum atomic E-state index is -0.767. The quantitative estimate of drug-likeness (QED) is 0.918. The average Bonchev–Trinajstić information content (AvgIpc) is 3.08. The SMILES string of the molecule is CCn1ncc2cc(N3CC(C(=O)NC)OC3=O)ccc21. The Kier molecular flexibility index (Phi) is 3.25. The van der Waals surface area contributed by atoms with Crippen molar-refractivity contribution in [3.05, 3.63) is 24.4 Å². The maximum atomic E-state index is 11.9. The summed E-state index contributed by atoms with van der Waals surface area (Å²) in [6.07, 6.45) is 0.488. The Hall–Kier alpha value is -2.57. The van der Waals surface area contributed by atoms with Crippen molar-refractivity contribution in [1.29, 1.82) is 0 Å². The van der Waals surface area contributed by atoms with Gasteiger partial charge in [-0.1, -0.05) is 0 Å². The van der Waals surface area contributed by atoms with Crippen molar-refractivity contribution in [1.82, 2.24) is 15.1 Å². The van der Waals surface area contributed by atoms with Crippen molar-refractivity contribution in [3.63, 3.8) is 0 Å². The van der Waals surface area contributed by atoms with Crippen LogP contribution in [-0.4, -0.2) is 41.5 Å². The topological polar surface area (TPSA) is 76.5 Å². The molecule has 0 aliphatic carbocycles. The molecule has 1 aromatic carbocycles. The number of carbonyl (C=O) groups excluding carboxylic acids is 2. The molecule has 2 heterocycles. The fourth-order valence-electron chi connectivity index (χ4n) is 2.47. The molecule has 0 radical (unpaired) electrons. The summed E-state index contributed by atoms with van der Waals surface area (Å²) in [5.74, 6) is -0.300. The second kappa shape index (κ2) is 5.08. The lowest BCUT2D eigenvalue weighted by Crippen LogP contribution is -2.35. The van der Waals surface area contributed by atoms with E-state index in [2.05, 4.69) is 10.4 Å². The molecule has 1 aliphatic heterocycles. The van der Waals surface area contributed by atoms with Gasteiger partial charge in [0.1, 0.15) is 0 Å². The number of hydrogen-bond donors (Lipinski definition) is 1. The third kappa shape index (κ3) is 2.20. The molecule has 1 atom stereocenters. The van der Waals surface area contributed by atoms with Crippen LogP contribution in [0.4, 0.5) is 10.5 Å². The zero-order valence-electron chi connectivity index (χ0n) is 11.9. The van der Waals surface area contributed by atoms with E-state index < -0.39 is 12.2 Å². The highest BCUT2D eigenvalue weighted by Gasteiger charge is 2.36. The molecule has 0 bridgehead atoms. The Morgan fingerprint density at radius 1 is 1.52 bits per heavy atom. The summed E-state index contributed by atoms with van der Waals surface area (Å²) in [5, 5.41) is 7.71. The van der Waals surface area contributed by atoms with Crippen LogP contribution >= 0.6 is 0 Å². The van der Waals surface area contributed by atoms with Crippen molar-refractivity contribution in [2.45, 2.75) is 19.6 Å². The maximum Gasteiger partial charge on any atom is 0.415 e. The number of rotatable bonds is 3. The van der Waals surface area contributed by atoms with E-state index in [4.69, 9.17) is 4.74 Å². The third-order valence-corrected chi connectivity index (χ3v) is 3.59. The lowest BCUT2D eigenvalue weighted by Gasteiger charge is -2.13. The highest BCUT2D eigenvalue weighted by atomic mass is 16.6. The molecule has 7 heteroatoms. The lowest BCUT2D eigenvalue weighted by molar-refractivity contribution is -0.127. The van der Waals surface area contributed by atoms with Gasteiger partial charge in [-0.15, -0.1) is 0 Å². The molecule has 2 aromatic rings. The normalized spacial score (nSPS) is 18.1. The summed E-state index contributed by atoms with van der Waals surface area (Å²) in [4.78, 5) is 24.9. The number of ether oxygens (including phenoxy) is 1. The van der Waals surface area contributed by atoms with E-state index >= 15 is 0 Å². The van der Waals surface area contributed by atoms with E-state index in [0.717, 1.165) is 17.4 Å². The van der Waals surface area contributed by atoms with E-state index in [9.17, 15) is 9.59 Å². The number of aromatic nitrogens is 2. The van der Waals surface area contributed by atoms with Gasteiger partial charge in [-0.25, -0.2) is 4.79 Å². The van der Waals surface area contributed by atoms with E-state index in [-0.39, 0.29) is 12.5 Å². The zero-order chi connectivity index (χ0) is 15.0. The molecule has 0 spiro atoms. The number of fused-ring (bicyclic) bond motifs is 1. The van der Waals surface area contributed by atoms with Crippen LogP contribution in [0.25, 0.3) is 10.9 Å². The second-order valence-electron chi connectivity index (χ2n) is 4.80. The molecule has 1 fully saturated rings. The minimum absolute atomic E-state index is 0.214. The fraction of sp³-hybridized carbons (Fsp3) is 0.357. The number of anilines is 1. The first-order chi connectivity index (χ1) is 10.1. The maximum absolute atomic E-state index is 11.9. The molecule has 1 aromatic heterocycles. The highest BCUT2D eigenvalue weighted by molar-refractivity contribution is 5.97. The molecule has 21 heavy (non-hydrogen) atoms. The molecular weight excluding hydrogens is 272 g/mol. The van der Waals surface area contributed by atoms with E-state index in [1.54, 1.807) is 6.20 Å². The van der Waals surface area contributed by atoms with Gasteiger partial charge in [0.2, 0.25) is 0 Å². The van der Waals surface area contributed by atoms with Gasteiger partial charge in [0.25, 0.3) is 5.91 Å². The summed E-state index contributed by atoms with van der Waals surface area (Å²) >= 11 is 0. The zero-order valence-corrected chi connectivity index (χ0v) is 11.9. The molecule has 1 aliphatic rings. The molecule has 1 saturated heterocycles. The summed E-state index contributed by atoms with van der Waals surface area (Å²) in [5.41, 5.74) is 1.71. The number of benzene rings is 1. The molecule has 2 amide bonds. The Morgan fingerprint density at radius 3 is 3.05 bits per heavy atom.